The molecule has 26 heavy (non-hydrogen) atoms. The highest BCUT2D eigenvalue weighted by Gasteiger charge is 2.32. The van der Waals surface area contributed by atoms with E-state index in [-0.39, 0.29) is 34.7 Å². The quantitative estimate of drug-likeness (QED) is 0.720. The molecule has 0 atom stereocenters. The number of aromatic nitrogens is 1. The molecule has 2 heterocycles. The monoisotopic (exact) mass is 398 g/mol. The van der Waals surface area contributed by atoms with E-state index in [0.717, 1.165) is 16.9 Å². The number of aryl methyl sites for hydroxylation is 1. The third kappa shape index (κ3) is 3.43. The minimum atomic E-state index is -3.65. The summed E-state index contributed by atoms with van der Waals surface area (Å²) in [6.45, 7) is 5.09. The number of carbonyl (C=O) groups is 1. The van der Waals surface area contributed by atoms with Gasteiger partial charge in [0.1, 0.15) is 0 Å². The Morgan fingerprint density at radius 3 is 2.58 bits per heavy atom. The number of esters is 1. The molecule has 3 rings (SSSR count). The Morgan fingerprint density at radius 1 is 1.27 bits per heavy atom. The van der Waals surface area contributed by atoms with Crippen molar-refractivity contribution in [2.24, 2.45) is 5.92 Å². The van der Waals surface area contributed by atoms with Gasteiger partial charge in [0.25, 0.3) is 0 Å². The van der Waals surface area contributed by atoms with E-state index in [2.05, 4.69) is 0 Å². The van der Waals surface area contributed by atoms with Crippen molar-refractivity contribution in [1.29, 1.82) is 0 Å². The number of thiazole rings is 1. The zero-order valence-corrected chi connectivity index (χ0v) is 16.4. The van der Waals surface area contributed by atoms with Crippen LogP contribution < -0.4 is 4.87 Å². The molecule has 7 nitrogen and oxygen atoms in total. The second-order valence-corrected chi connectivity index (χ2v) is 9.10. The lowest BCUT2D eigenvalue weighted by Gasteiger charge is -2.30. The van der Waals surface area contributed by atoms with Crippen molar-refractivity contribution in [2.75, 3.05) is 19.7 Å². The predicted octanol–water partition coefficient (Wildman–Crippen LogP) is 2.05. The molecule has 9 heteroatoms. The van der Waals surface area contributed by atoms with Crippen LogP contribution in [0.2, 0.25) is 0 Å². The molecule has 1 fully saturated rings. The highest BCUT2D eigenvalue weighted by molar-refractivity contribution is 7.89. The highest BCUT2D eigenvalue weighted by Crippen LogP contribution is 2.27. The van der Waals surface area contributed by atoms with E-state index in [4.69, 9.17) is 4.74 Å². The maximum Gasteiger partial charge on any atom is 0.309 e. The number of fused-ring (bicyclic) bond motifs is 1. The lowest BCUT2D eigenvalue weighted by Crippen LogP contribution is -2.40. The van der Waals surface area contributed by atoms with Crippen molar-refractivity contribution < 1.29 is 17.9 Å². The van der Waals surface area contributed by atoms with E-state index in [1.54, 1.807) is 29.7 Å². The Hall–Kier alpha value is -1.71. The van der Waals surface area contributed by atoms with Crippen LogP contribution in [0.5, 0.6) is 0 Å². The summed E-state index contributed by atoms with van der Waals surface area (Å²) in [6, 6.07) is 4.81. The average Bonchev–Trinajstić information content (AvgIpc) is 2.96. The summed E-state index contributed by atoms with van der Waals surface area (Å²) in [6.07, 6.45) is 0.916. The molecule has 1 aliphatic heterocycles. The van der Waals surface area contributed by atoms with Gasteiger partial charge >= 0.3 is 10.8 Å². The number of hydrogen-bond donors (Lipinski definition) is 0. The lowest BCUT2D eigenvalue weighted by molar-refractivity contribution is -0.149. The Labute approximate surface area is 156 Å². The number of piperidine rings is 1. The molecule has 0 radical (unpaired) electrons. The van der Waals surface area contributed by atoms with Gasteiger partial charge in [-0.25, -0.2) is 8.42 Å². The summed E-state index contributed by atoms with van der Waals surface area (Å²) in [4.78, 5) is 23.9. The zero-order valence-electron chi connectivity index (χ0n) is 14.8. The number of sulfonamides is 1. The first-order chi connectivity index (χ1) is 12.4. The maximum atomic E-state index is 12.9. The SMILES string of the molecule is CCOC(=O)C1CCN(S(=O)(=O)c2ccc3c(c2)sc(=O)n3CC)CC1. The van der Waals surface area contributed by atoms with Crippen LogP contribution in [-0.4, -0.2) is 43.0 Å². The van der Waals surface area contributed by atoms with Gasteiger partial charge in [0.2, 0.25) is 10.0 Å². The molecule has 1 aliphatic rings. The Morgan fingerprint density at radius 2 is 1.96 bits per heavy atom. The van der Waals surface area contributed by atoms with E-state index < -0.39 is 10.0 Å². The normalized spacial score (nSPS) is 16.8. The molecular formula is C17H22N2O5S2. The summed E-state index contributed by atoms with van der Waals surface area (Å²) >= 11 is 1.05. The molecule has 0 spiro atoms. The Kier molecular flexibility index (Phi) is 5.50. The molecule has 0 aliphatic carbocycles. The van der Waals surface area contributed by atoms with Gasteiger partial charge < -0.3 is 4.74 Å². The summed E-state index contributed by atoms with van der Waals surface area (Å²) in [5.74, 6) is -0.496. The first-order valence-electron chi connectivity index (χ1n) is 8.68. The van der Waals surface area contributed by atoms with Crippen LogP contribution in [0.4, 0.5) is 0 Å². The fraction of sp³-hybridized carbons (Fsp3) is 0.529. The summed E-state index contributed by atoms with van der Waals surface area (Å²) in [7, 11) is -3.65. The van der Waals surface area contributed by atoms with E-state index in [1.807, 2.05) is 6.92 Å². The molecule has 1 aromatic carbocycles. The number of rotatable bonds is 5. The molecule has 0 amide bonds. The van der Waals surface area contributed by atoms with Gasteiger partial charge in [-0.1, -0.05) is 11.3 Å². The molecule has 1 aromatic heterocycles. The molecule has 1 saturated heterocycles. The first-order valence-corrected chi connectivity index (χ1v) is 10.9. The number of carbonyl (C=O) groups excluding carboxylic acids is 1. The van der Waals surface area contributed by atoms with E-state index in [9.17, 15) is 18.0 Å². The smallest absolute Gasteiger partial charge is 0.309 e. The van der Waals surface area contributed by atoms with E-state index in [0.29, 0.717) is 30.7 Å². The van der Waals surface area contributed by atoms with Gasteiger partial charge in [0.05, 0.1) is 27.6 Å². The third-order valence-corrected chi connectivity index (χ3v) is 7.50. The van der Waals surface area contributed by atoms with Gasteiger partial charge in [-0.2, -0.15) is 4.31 Å². The average molecular weight is 399 g/mol. The summed E-state index contributed by atoms with van der Waals surface area (Å²) in [5.41, 5.74) is 0.752. The van der Waals surface area contributed by atoms with Gasteiger partial charge in [0, 0.05) is 19.6 Å². The Bertz CT molecular complexity index is 969. The number of nitrogens with zero attached hydrogens (tertiary/aromatic N) is 2. The van der Waals surface area contributed by atoms with Crippen LogP contribution in [0.25, 0.3) is 10.2 Å². The minimum Gasteiger partial charge on any atom is -0.466 e. The molecule has 0 saturated carbocycles. The van der Waals surface area contributed by atoms with Crippen LogP contribution >= 0.6 is 11.3 Å². The number of hydrogen-bond acceptors (Lipinski definition) is 6. The van der Waals surface area contributed by atoms with Crippen molar-refractivity contribution in [2.45, 2.75) is 38.1 Å². The number of ether oxygens (including phenoxy) is 1. The van der Waals surface area contributed by atoms with Crippen LogP contribution in [0.1, 0.15) is 26.7 Å². The van der Waals surface area contributed by atoms with Crippen molar-refractivity contribution in [3.63, 3.8) is 0 Å². The van der Waals surface area contributed by atoms with E-state index >= 15 is 0 Å². The molecule has 0 bridgehead atoms. The Balaban J connectivity index is 1.82. The van der Waals surface area contributed by atoms with Crippen molar-refractivity contribution >= 4 is 37.5 Å². The first kappa shape index (κ1) is 19.1. The van der Waals surface area contributed by atoms with E-state index in [1.165, 1.54) is 4.31 Å². The fourth-order valence-electron chi connectivity index (χ4n) is 3.25. The molecule has 142 valence electrons. The van der Waals surface area contributed by atoms with Crippen molar-refractivity contribution in [3.05, 3.63) is 27.9 Å². The van der Waals surface area contributed by atoms with Crippen LogP contribution in [0.3, 0.4) is 0 Å². The molecule has 0 N–H and O–H groups in total. The molecule has 0 unspecified atom stereocenters. The molecular weight excluding hydrogens is 376 g/mol. The van der Waals surface area contributed by atoms with Gasteiger partial charge in [0.15, 0.2) is 0 Å². The van der Waals surface area contributed by atoms with Crippen LogP contribution in [-0.2, 0) is 26.1 Å². The van der Waals surface area contributed by atoms with Gasteiger partial charge in [-0.15, -0.1) is 0 Å². The second-order valence-electron chi connectivity index (χ2n) is 6.17. The summed E-state index contributed by atoms with van der Waals surface area (Å²) < 4.78 is 34.6. The second kappa shape index (κ2) is 7.50. The number of benzene rings is 1. The van der Waals surface area contributed by atoms with Gasteiger partial charge in [-0.05, 0) is 44.9 Å². The van der Waals surface area contributed by atoms with Crippen LogP contribution in [0.15, 0.2) is 27.9 Å². The topological polar surface area (TPSA) is 85.7 Å². The summed E-state index contributed by atoms with van der Waals surface area (Å²) in [5, 5.41) is 0. The third-order valence-electron chi connectivity index (χ3n) is 4.67. The van der Waals surface area contributed by atoms with Crippen molar-refractivity contribution in [3.8, 4) is 0 Å². The lowest BCUT2D eigenvalue weighted by atomic mass is 9.98. The standard InChI is InChI=1S/C17H22N2O5S2/c1-3-19-14-6-5-13(11-15(14)25-17(19)21)26(22,23)18-9-7-12(8-10-18)16(20)24-4-2/h5-6,11-12H,3-4,7-10H2,1-2H3. The largest absolute Gasteiger partial charge is 0.466 e. The fourth-order valence-corrected chi connectivity index (χ4v) is 5.81. The molecule has 2 aromatic rings. The maximum absolute atomic E-state index is 12.9. The predicted molar refractivity (Wildman–Crippen MR) is 99.9 cm³/mol. The highest BCUT2D eigenvalue weighted by atomic mass is 32.2. The van der Waals surface area contributed by atoms with Gasteiger partial charge in [-0.3, -0.25) is 14.2 Å². The van der Waals surface area contributed by atoms with Crippen LogP contribution in [0, 0.1) is 5.92 Å². The van der Waals surface area contributed by atoms with Crippen molar-refractivity contribution in [1.82, 2.24) is 8.87 Å². The zero-order chi connectivity index (χ0) is 18.9. The minimum absolute atomic E-state index is 0.0905.